The minimum atomic E-state index is -0.604. The van der Waals surface area contributed by atoms with E-state index in [1.807, 2.05) is 44.3 Å². The summed E-state index contributed by atoms with van der Waals surface area (Å²) >= 11 is 0. The molecule has 0 unspecified atom stereocenters. The van der Waals surface area contributed by atoms with Crippen molar-refractivity contribution in [3.63, 3.8) is 0 Å². The summed E-state index contributed by atoms with van der Waals surface area (Å²) in [5.41, 5.74) is 4.07. The zero-order valence-corrected chi connectivity index (χ0v) is 11.8. The van der Waals surface area contributed by atoms with E-state index in [1.54, 1.807) is 4.68 Å². The second-order valence-corrected chi connectivity index (χ2v) is 5.01. The Morgan fingerprint density at radius 2 is 1.62 bits per heavy atom. The Morgan fingerprint density at radius 3 is 2.29 bits per heavy atom. The first-order chi connectivity index (χ1) is 10.0. The molecule has 0 saturated carbocycles. The van der Waals surface area contributed by atoms with Crippen LogP contribution in [0.25, 0.3) is 22.5 Å². The summed E-state index contributed by atoms with van der Waals surface area (Å²) in [6.45, 7) is 2.02. The molecule has 106 valence electrons. The number of hydrogen-bond donors (Lipinski definition) is 0. The molecule has 0 spiro atoms. The van der Waals surface area contributed by atoms with Crippen molar-refractivity contribution in [1.29, 1.82) is 0 Å². The van der Waals surface area contributed by atoms with E-state index in [2.05, 4.69) is 5.10 Å². The molecule has 0 aliphatic rings. The van der Waals surface area contributed by atoms with Crippen LogP contribution < -0.4 is 0 Å². The van der Waals surface area contributed by atoms with Crippen molar-refractivity contribution in [2.24, 2.45) is 7.05 Å². The van der Waals surface area contributed by atoms with Crippen LogP contribution in [0.5, 0.6) is 0 Å². The number of halogens is 2. The van der Waals surface area contributed by atoms with Gasteiger partial charge in [0.1, 0.15) is 11.6 Å². The summed E-state index contributed by atoms with van der Waals surface area (Å²) in [5.74, 6) is -1.21. The lowest BCUT2D eigenvalue weighted by atomic mass is 10.0. The minimum Gasteiger partial charge on any atom is -0.267 e. The van der Waals surface area contributed by atoms with Crippen LogP contribution in [0, 0.1) is 18.6 Å². The van der Waals surface area contributed by atoms with Gasteiger partial charge in [-0.1, -0.05) is 24.3 Å². The molecule has 0 bridgehead atoms. The SMILES string of the molecule is Cc1ccccc1-c1cc(-c2cc(F)cc(F)c2)nn1C. The Hall–Kier alpha value is -2.49. The van der Waals surface area contributed by atoms with Crippen molar-refractivity contribution in [2.75, 3.05) is 0 Å². The van der Waals surface area contributed by atoms with Crippen molar-refractivity contribution in [3.8, 4) is 22.5 Å². The molecule has 0 radical (unpaired) electrons. The molecule has 3 aromatic rings. The Labute approximate surface area is 121 Å². The molecule has 1 aromatic heterocycles. The van der Waals surface area contributed by atoms with Gasteiger partial charge in [0.2, 0.25) is 0 Å². The van der Waals surface area contributed by atoms with Gasteiger partial charge in [0, 0.05) is 24.2 Å². The second-order valence-electron chi connectivity index (χ2n) is 5.01. The van der Waals surface area contributed by atoms with Crippen LogP contribution in [0.3, 0.4) is 0 Å². The highest BCUT2D eigenvalue weighted by Crippen LogP contribution is 2.28. The van der Waals surface area contributed by atoms with E-state index in [0.29, 0.717) is 11.3 Å². The Balaban J connectivity index is 2.12. The Morgan fingerprint density at radius 1 is 0.952 bits per heavy atom. The number of aryl methyl sites for hydroxylation is 2. The van der Waals surface area contributed by atoms with Crippen molar-refractivity contribution in [2.45, 2.75) is 6.92 Å². The zero-order chi connectivity index (χ0) is 15.0. The van der Waals surface area contributed by atoms with Gasteiger partial charge in [0.15, 0.2) is 0 Å². The molecule has 0 amide bonds. The summed E-state index contributed by atoms with van der Waals surface area (Å²) in [6.07, 6.45) is 0. The molecule has 0 aliphatic carbocycles. The van der Waals surface area contributed by atoms with E-state index in [1.165, 1.54) is 12.1 Å². The van der Waals surface area contributed by atoms with Crippen LogP contribution in [0.1, 0.15) is 5.56 Å². The lowest BCUT2D eigenvalue weighted by Gasteiger charge is -2.04. The summed E-state index contributed by atoms with van der Waals surface area (Å²) in [4.78, 5) is 0. The van der Waals surface area contributed by atoms with Crippen LogP contribution >= 0.6 is 0 Å². The summed E-state index contributed by atoms with van der Waals surface area (Å²) in [5, 5.41) is 4.36. The number of benzene rings is 2. The van der Waals surface area contributed by atoms with Crippen molar-refractivity contribution < 1.29 is 8.78 Å². The van der Waals surface area contributed by atoms with Crippen molar-refractivity contribution in [1.82, 2.24) is 9.78 Å². The Bertz CT molecular complexity index is 786. The predicted molar refractivity (Wildman–Crippen MR) is 78.7 cm³/mol. The van der Waals surface area contributed by atoms with E-state index >= 15 is 0 Å². The largest absolute Gasteiger partial charge is 0.267 e. The number of aromatic nitrogens is 2. The first-order valence-corrected chi connectivity index (χ1v) is 6.61. The first-order valence-electron chi connectivity index (χ1n) is 6.61. The monoisotopic (exact) mass is 284 g/mol. The van der Waals surface area contributed by atoms with Crippen LogP contribution in [0.4, 0.5) is 8.78 Å². The highest BCUT2D eigenvalue weighted by Gasteiger charge is 2.12. The fraction of sp³-hybridized carbons (Fsp3) is 0.118. The van der Waals surface area contributed by atoms with Gasteiger partial charge < -0.3 is 0 Å². The molecule has 2 nitrogen and oxygen atoms in total. The molecule has 4 heteroatoms. The molecule has 0 fully saturated rings. The Kier molecular flexibility index (Phi) is 3.29. The third-order valence-electron chi connectivity index (χ3n) is 3.46. The maximum Gasteiger partial charge on any atom is 0.126 e. The van der Waals surface area contributed by atoms with Gasteiger partial charge in [-0.15, -0.1) is 0 Å². The highest BCUT2D eigenvalue weighted by atomic mass is 19.1. The van der Waals surface area contributed by atoms with Gasteiger partial charge in [0.25, 0.3) is 0 Å². The topological polar surface area (TPSA) is 17.8 Å². The van der Waals surface area contributed by atoms with Gasteiger partial charge in [0.05, 0.1) is 11.4 Å². The van der Waals surface area contributed by atoms with Gasteiger partial charge in [-0.25, -0.2) is 8.78 Å². The molecular formula is C17H14F2N2. The molecule has 0 N–H and O–H groups in total. The summed E-state index contributed by atoms with van der Waals surface area (Å²) in [7, 11) is 1.82. The maximum atomic E-state index is 13.3. The molecule has 21 heavy (non-hydrogen) atoms. The lowest BCUT2D eigenvalue weighted by molar-refractivity contribution is 0.584. The smallest absolute Gasteiger partial charge is 0.126 e. The summed E-state index contributed by atoms with van der Waals surface area (Å²) < 4.78 is 28.4. The molecular weight excluding hydrogens is 270 g/mol. The first kappa shape index (κ1) is 13.5. The molecule has 1 heterocycles. The van der Waals surface area contributed by atoms with Gasteiger partial charge in [-0.2, -0.15) is 5.10 Å². The standard InChI is InChI=1S/C17H14F2N2/c1-11-5-3-4-6-15(11)17-10-16(20-21(17)2)12-7-13(18)9-14(19)8-12/h3-10H,1-2H3. The third kappa shape index (κ3) is 2.57. The summed E-state index contributed by atoms with van der Waals surface area (Å²) in [6, 6.07) is 13.2. The van der Waals surface area contributed by atoms with Crippen molar-refractivity contribution >= 4 is 0 Å². The van der Waals surface area contributed by atoms with Crippen molar-refractivity contribution in [3.05, 3.63) is 65.7 Å². The number of hydrogen-bond acceptors (Lipinski definition) is 1. The molecule has 0 atom stereocenters. The number of nitrogens with zero attached hydrogens (tertiary/aromatic N) is 2. The van der Waals surface area contributed by atoms with Crippen LogP contribution in [-0.4, -0.2) is 9.78 Å². The maximum absolute atomic E-state index is 13.3. The fourth-order valence-corrected chi connectivity index (χ4v) is 2.42. The molecule has 2 aromatic carbocycles. The molecule has 0 saturated heterocycles. The van der Waals surface area contributed by atoms with Crippen LogP contribution in [0.15, 0.2) is 48.5 Å². The normalized spacial score (nSPS) is 10.9. The molecule has 3 rings (SSSR count). The average molecular weight is 284 g/mol. The van der Waals surface area contributed by atoms with Gasteiger partial charge >= 0.3 is 0 Å². The minimum absolute atomic E-state index is 0.433. The van der Waals surface area contributed by atoms with E-state index < -0.39 is 11.6 Å². The fourth-order valence-electron chi connectivity index (χ4n) is 2.42. The predicted octanol–water partition coefficient (Wildman–Crippen LogP) is 4.34. The van der Waals surface area contributed by atoms with E-state index in [9.17, 15) is 8.78 Å². The molecule has 0 aliphatic heterocycles. The van der Waals surface area contributed by atoms with Crippen LogP contribution in [0.2, 0.25) is 0 Å². The average Bonchev–Trinajstić information content (AvgIpc) is 2.80. The number of rotatable bonds is 2. The van der Waals surface area contributed by atoms with Gasteiger partial charge in [-0.05, 0) is 30.7 Å². The third-order valence-corrected chi connectivity index (χ3v) is 3.46. The zero-order valence-electron chi connectivity index (χ0n) is 11.8. The lowest BCUT2D eigenvalue weighted by Crippen LogP contribution is -1.95. The van der Waals surface area contributed by atoms with E-state index in [-0.39, 0.29) is 0 Å². The van der Waals surface area contributed by atoms with Crippen LogP contribution in [-0.2, 0) is 7.05 Å². The van der Waals surface area contributed by atoms with E-state index in [0.717, 1.165) is 22.9 Å². The quantitative estimate of drug-likeness (QED) is 0.684. The van der Waals surface area contributed by atoms with Gasteiger partial charge in [-0.3, -0.25) is 4.68 Å². The van der Waals surface area contributed by atoms with E-state index in [4.69, 9.17) is 0 Å². The second kappa shape index (κ2) is 5.13. The highest BCUT2D eigenvalue weighted by molar-refractivity contribution is 5.70.